The Morgan fingerprint density at radius 3 is 1.55 bits per heavy atom. The molecule has 56 heavy (non-hydrogen) atoms. The van der Waals surface area contributed by atoms with Gasteiger partial charge in [0, 0.05) is 22.5 Å². The highest BCUT2D eigenvalue weighted by molar-refractivity contribution is 5.97. The minimum atomic E-state index is -0.111. The molecule has 1 nitrogen and oxygen atoms in total. The second kappa shape index (κ2) is 13.7. The molecule has 0 unspecified atom stereocenters. The first-order valence-electron chi connectivity index (χ1n) is 19.5. The smallest absolute Gasteiger partial charge is 0.0467 e. The number of rotatable bonds is 7. The van der Waals surface area contributed by atoms with E-state index >= 15 is 0 Å². The number of anilines is 3. The van der Waals surface area contributed by atoms with Crippen molar-refractivity contribution in [2.45, 2.75) is 19.3 Å². The summed E-state index contributed by atoms with van der Waals surface area (Å²) in [4.78, 5) is 2.43. The Balaban J connectivity index is 1.09. The summed E-state index contributed by atoms with van der Waals surface area (Å²) in [6.07, 6.45) is 0. The van der Waals surface area contributed by atoms with Crippen LogP contribution in [0.4, 0.5) is 17.1 Å². The zero-order valence-corrected chi connectivity index (χ0v) is 31.7. The third-order valence-corrected chi connectivity index (χ3v) is 11.7. The van der Waals surface area contributed by atoms with Crippen molar-refractivity contribution in [3.8, 4) is 55.6 Å². The molecule has 0 radical (unpaired) electrons. The molecule has 0 bridgehead atoms. The Hall–Kier alpha value is -6.96. The van der Waals surface area contributed by atoms with Gasteiger partial charge >= 0.3 is 0 Å². The molecule has 1 heteroatoms. The molecule has 9 aromatic carbocycles. The van der Waals surface area contributed by atoms with Crippen molar-refractivity contribution in [2.24, 2.45) is 0 Å². The van der Waals surface area contributed by atoms with Crippen LogP contribution in [-0.2, 0) is 5.41 Å². The predicted octanol–water partition coefficient (Wildman–Crippen LogP) is 15.3. The van der Waals surface area contributed by atoms with Crippen molar-refractivity contribution in [1.29, 1.82) is 0 Å². The molecule has 266 valence electrons. The van der Waals surface area contributed by atoms with E-state index < -0.39 is 0 Å². The van der Waals surface area contributed by atoms with Crippen molar-refractivity contribution < 1.29 is 0 Å². The zero-order valence-electron chi connectivity index (χ0n) is 31.7. The van der Waals surface area contributed by atoms with Crippen LogP contribution < -0.4 is 4.90 Å². The van der Waals surface area contributed by atoms with Crippen LogP contribution in [0.15, 0.2) is 212 Å². The monoisotopic (exact) mass is 715 g/mol. The normalized spacial score (nSPS) is 12.6. The van der Waals surface area contributed by atoms with Crippen LogP contribution in [-0.4, -0.2) is 0 Å². The van der Waals surface area contributed by atoms with Gasteiger partial charge in [-0.05, 0) is 120 Å². The van der Waals surface area contributed by atoms with E-state index in [0.717, 1.165) is 17.1 Å². The Kier molecular flexibility index (Phi) is 8.23. The molecule has 0 aliphatic heterocycles. The Bertz CT molecular complexity index is 2880. The van der Waals surface area contributed by atoms with Gasteiger partial charge < -0.3 is 4.90 Å². The number of nitrogens with zero attached hydrogens (tertiary/aromatic N) is 1. The predicted molar refractivity (Wildman–Crippen MR) is 238 cm³/mol. The highest BCUT2D eigenvalue weighted by Crippen LogP contribution is 2.51. The number of hydrogen-bond donors (Lipinski definition) is 0. The quantitative estimate of drug-likeness (QED) is 0.159. The van der Waals surface area contributed by atoms with Crippen LogP contribution in [0.2, 0.25) is 0 Å². The van der Waals surface area contributed by atoms with E-state index in [1.807, 2.05) is 0 Å². The second-order valence-electron chi connectivity index (χ2n) is 15.4. The Morgan fingerprint density at radius 1 is 0.304 bits per heavy atom. The van der Waals surface area contributed by atoms with Crippen LogP contribution in [0.3, 0.4) is 0 Å². The zero-order chi connectivity index (χ0) is 37.6. The van der Waals surface area contributed by atoms with Gasteiger partial charge in [-0.15, -0.1) is 0 Å². The fourth-order valence-electron chi connectivity index (χ4n) is 8.76. The summed E-state index contributed by atoms with van der Waals surface area (Å²) in [6, 6.07) is 77.6. The van der Waals surface area contributed by atoms with Gasteiger partial charge in [-0.3, -0.25) is 0 Å². The van der Waals surface area contributed by atoms with E-state index in [9.17, 15) is 0 Å². The highest BCUT2D eigenvalue weighted by Gasteiger charge is 2.35. The molecule has 0 saturated carbocycles. The summed E-state index contributed by atoms with van der Waals surface area (Å²) < 4.78 is 0. The molecule has 0 spiro atoms. The fourth-order valence-corrected chi connectivity index (χ4v) is 8.76. The second-order valence-corrected chi connectivity index (χ2v) is 15.4. The van der Waals surface area contributed by atoms with Crippen molar-refractivity contribution in [3.63, 3.8) is 0 Å². The van der Waals surface area contributed by atoms with Gasteiger partial charge in [0.25, 0.3) is 0 Å². The first kappa shape index (κ1) is 33.6. The number of benzene rings is 9. The minimum absolute atomic E-state index is 0.111. The molecular formula is C55H41N. The maximum atomic E-state index is 2.43. The van der Waals surface area contributed by atoms with E-state index in [1.165, 1.54) is 77.5 Å². The molecule has 1 aliphatic carbocycles. The number of fused-ring (bicyclic) bond motifs is 4. The van der Waals surface area contributed by atoms with E-state index in [4.69, 9.17) is 0 Å². The fraction of sp³-hybridized carbons (Fsp3) is 0.0545. The van der Waals surface area contributed by atoms with Crippen LogP contribution in [0.25, 0.3) is 66.4 Å². The molecule has 0 atom stereocenters. The number of hydrogen-bond acceptors (Lipinski definition) is 1. The summed E-state index contributed by atoms with van der Waals surface area (Å²) in [5, 5.41) is 2.52. The summed E-state index contributed by atoms with van der Waals surface area (Å²) in [6.45, 7) is 4.71. The van der Waals surface area contributed by atoms with Crippen LogP contribution >= 0.6 is 0 Å². The molecule has 0 amide bonds. The van der Waals surface area contributed by atoms with Crippen LogP contribution in [0.5, 0.6) is 0 Å². The molecule has 0 saturated heterocycles. The highest BCUT2D eigenvalue weighted by atomic mass is 15.1. The van der Waals surface area contributed by atoms with Gasteiger partial charge in [0.2, 0.25) is 0 Å². The van der Waals surface area contributed by atoms with Gasteiger partial charge in [0.15, 0.2) is 0 Å². The SMILES string of the molecule is CC1(C)c2ccccc2-c2ccc(N(c3cccc(-c4ccc(-c5ccccc5)cc4)c3)c3cccc(-c4cccc(-c5cccc6ccccc56)c4)c3)cc21. The largest absolute Gasteiger partial charge is 0.310 e. The van der Waals surface area contributed by atoms with E-state index in [1.54, 1.807) is 0 Å². The van der Waals surface area contributed by atoms with E-state index in [-0.39, 0.29) is 5.41 Å². The third-order valence-electron chi connectivity index (χ3n) is 11.7. The first-order valence-corrected chi connectivity index (χ1v) is 19.5. The average Bonchev–Trinajstić information content (AvgIpc) is 3.49. The lowest BCUT2D eigenvalue weighted by Crippen LogP contribution is -2.16. The lowest BCUT2D eigenvalue weighted by Gasteiger charge is -2.29. The van der Waals surface area contributed by atoms with Crippen molar-refractivity contribution in [1.82, 2.24) is 0 Å². The molecule has 0 heterocycles. The third kappa shape index (κ3) is 5.90. The lowest BCUT2D eigenvalue weighted by atomic mass is 9.82. The summed E-state index contributed by atoms with van der Waals surface area (Å²) in [5.74, 6) is 0. The van der Waals surface area contributed by atoms with Gasteiger partial charge in [0.05, 0.1) is 0 Å². The average molecular weight is 716 g/mol. The Labute approximate surface area is 329 Å². The molecule has 1 aliphatic rings. The van der Waals surface area contributed by atoms with Crippen LogP contribution in [0.1, 0.15) is 25.0 Å². The topological polar surface area (TPSA) is 3.24 Å². The first-order chi connectivity index (χ1) is 27.5. The molecule has 0 aromatic heterocycles. The van der Waals surface area contributed by atoms with Crippen LogP contribution in [0, 0.1) is 0 Å². The van der Waals surface area contributed by atoms with Gasteiger partial charge in [0.1, 0.15) is 0 Å². The van der Waals surface area contributed by atoms with Crippen molar-refractivity contribution in [3.05, 3.63) is 223 Å². The molecule has 9 aromatic rings. The molecular weight excluding hydrogens is 675 g/mol. The van der Waals surface area contributed by atoms with Crippen molar-refractivity contribution >= 4 is 27.8 Å². The van der Waals surface area contributed by atoms with E-state index in [0.29, 0.717) is 0 Å². The summed E-state index contributed by atoms with van der Waals surface area (Å²) >= 11 is 0. The molecule has 10 rings (SSSR count). The standard InChI is InChI=1S/C55H41N/c1-55(2)53-27-9-8-25-51(53)52-33-32-48(37-54(52)55)56(46-22-11-19-43(35-46)40-30-28-39(29-31-40)38-14-4-3-5-15-38)47-23-12-20-44(36-47)42-18-10-21-45(34-42)50-26-13-17-41-16-6-7-24-49(41)50/h3-37H,1-2H3. The molecule has 0 N–H and O–H groups in total. The van der Waals surface area contributed by atoms with E-state index in [2.05, 4.69) is 231 Å². The maximum Gasteiger partial charge on any atom is 0.0467 e. The maximum absolute atomic E-state index is 2.43. The lowest BCUT2D eigenvalue weighted by molar-refractivity contribution is 0.660. The minimum Gasteiger partial charge on any atom is -0.310 e. The molecule has 0 fully saturated rings. The Morgan fingerprint density at radius 2 is 0.786 bits per heavy atom. The van der Waals surface area contributed by atoms with Gasteiger partial charge in [-0.2, -0.15) is 0 Å². The van der Waals surface area contributed by atoms with Crippen molar-refractivity contribution in [2.75, 3.05) is 4.90 Å². The van der Waals surface area contributed by atoms with Gasteiger partial charge in [-0.1, -0.05) is 184 Å². The van der Waals surface area contributed by atoms with Gasteiger partial charge in [-0.25, -0.2) is 0 Å². The summed E-state index contributed by atoms with van der Waals surface area (Å²) in [7, 11) is 0. The summed E-state index contributed by atoms with van der Waals surface area (Å²) in [5.41, 5.74) is 18.3.